The van der Waals surface area contributed by atoms with Crippen LogP contribution in [0.2, 0.25) is 10.0 Å². The number of amides is 1. The number of hydrogen-bond acceptors (Lipinski definition) is 2. The fraction of sp³-hybridized carbons (Fsp3) is 0.188. The van der Waals surface area contributed by atoms with Gasteiger partial charge in [0.1, 0.15) is 0 Å². The predicted octanol–water partition coefficient (Wildman–Crippen LogP) is 3.78. The monoisotopic (exact) mass is 322 g/mol. The highest BCUT2D eigenvalue weighted by molar-refractivity contribution is 6.42. The van der Waals surface area contributed by atoms with E-state index in [0.717, 1.165) is 11.1 Å². The van der Waals surface area contributed by atoms with Crippen molar-refractivity contribution in [2.45, 2.75) is 13.0 Å². The maximum atomic E-state index is 12.2. The Bertz CT molecular complexity index is 641. The van der Waals surface area contributed by atoms with Crippen LogP contribution in [0.1, 0.15) is 11.1 Å². The summed E-state index contributed by atoms with van der Waals surface area (Å²) in [6.45, 7) is 0.424. The van der Waals surface area contributed by atoms with Crippen molar-refractivity contribution >= 4 is 34.8 Å². The average Bonchev–Trinajstić information content (AvgIpc) is 2.46. The molecule has 0 spiro atoms. The minimum atomic E-state index is 0.0100. The van der Waals surface area contributed by atoms with Crippen LogP contribution in [0, 0.1) is 0 Å². The number of nitrogen functional groups attached to an aromatic ring is 1. The quantitative estimate of drug-likeness (QED) is 0.871. The Morgan fingerprint density at radius 1 is 1.14 bits per heavy atom. The molecule has 0 aliphatic heterocycles. The first kappa shape index (κ1) is 15.7. The summed E-state index contributed by atoms with van der Waals surface area (Å²) in [6.07, 6.45) is 0.328. The normalized spacial score (nSPS) is 10.4. The Hall–Kier alpha value is -1.71. The number of nitrogens with two attached hydrogens (primary N) is 1. The van der Waals surface area contributed by atoms with Crippen molar-refractivity contribution in [3.8, 4) is 0 Å². The molecule has 5 heteroatoms. The van der Waals surface area contributed by atoms with E-state index < -0.39 is 0 Å². The molecule has 0 aliphatic rings. The van der Waals surface area contributed by atoms with Gasteiger partial charge >= 0.3 is 0 Å². The van der Waals surface area contributed by atoms with Crippen LogP contribution >= 0.6 is 23.2 Å². The van der Waals surface area contributed by atoms with Gasteiger partial charge in [0.05, 0.1) is 16.5 Å². The van der Waals surface area contributed by atoms with Gasteiger partial charge in [-0.25, -0.2) is 0 Å². The molecule has 0 radical (unpaired) electrons. The van der Waals surface area contributed by atoms with E-state index in [2.05, 4.69) is 0 Å². The molecule has 0 unspecified atom stereocenters. The summed E-state index contributed by atoms with van der Waals surface area (Å²) in [5.41, 5.74) is 8.07. The van der Waals surface area contributed by atoms with E-state index in [0.29, 0.717) is 28.7 Å². The number of nitrogens with zero attached hydrogens (tertiary/aromatic N) is 1. The van der Waals surface area contributed by atoms with Crippen molar-refractivity contribution in [3.05, 3.63) is 63.6 Å². The number of carbonyl (C=O) groups is 1. The first-order valence-electron chi connectivity index (χ1n) is 6.48. The van der Waals surface area contributed by atoms with Crippen molar-refractivity contribution in [3.63, 3.8) is 0 Å². The van der Waals surface area contributed by atoms with Crippen LogP contribution in [0.3, 0.4) is 0 Å². The molecule has 0 aliphatic carbocycles. The van der Waals surface area contributed by atoms with Gasteiger partial charge in [0.2, 0.25) is 5.91 Å². The van der Waals surface area contributed by atoms with Crippen LogP contribution in [-0.4, -0.2) is 17.9 Å². The summed E-state index contributed by atoms with van der Waals surface area (Å²) in [5.74, 6) is 0.0100. The van der Waals surface area contributed by atoms with Crippen LogP contribution < -0.4 is 5.73 Å². The third-order valence-electron chi connectivity index (χ3n) is 3.20. The van der Waals surface area contributed by atoms with Gasteiger partial charge in [-0.1, -0.05) is 47.5 Å². The number of halogens is 2. The number of benzene rings is 2. The van der Waals surface area contributed by atoms with Gasteiger partial charge in [-0.2, -0.15) is 0 Å². The minimum absolute atomic E-state index is 0.0100. The Balaban J connectivity index is 2.02. The van der Waals surface area contributed by atoms with Crippen LogP contribution in [0.15, 0.2) is 42.5 Å². The van der Waals surface area contributed by atoms with Crippen molar-refractivity contribution in [2.24, 2.45) is 0 Å². The number of anilines is 1. The second-order valence-electron chi connectivity index (χ2n) is 4.88. The Kier molecular flexibility index (Phi) is 5.10. The number of likely N-dealkylation sites (N-methyl/N-ethyl adjacent to an activating group) is 1. The molecular formula is C16H16Cl2N2O. The van der Waals surface area contributed by atoms with Crippen molar-refractivity contribution in [2.75, 3.05) is 12.8 Å². The Morgan fingerprint density at radius 3 is 2.48 bits per heavy atom. The maximum absolute atomic E-state index is 12.2. The molecule has 2 rings (SSSR count). The van der Waals surface area contributed by atoms with Crippen molar-refractivity contribution in [1.82, 2.24) is 4.90 Å². The van der Waals surface area contributed by atoms with E-state index in [1.54, 1.807) is 30.1 Å². The summed E-state index contributed by atoms with van der Waals surface area (Å²) < 4.78 is 0. The van der Waals surface area contributed by atoms with Crippen LogP contribution in [0.25, 0.3) is 0 Å². The summed E-state index contributed by atoms with van der Waals surface area (Å²) in [4.78, 5) is 13.8. The van der Waals surface area contributed by atoms with E-state index in [1.807, 2.05) is 24.3 Å². The second-order valence-corrected chi connectivity index (χ2v) is 5.67. The lowest BCUT2D eigenvalue weighted by molar-refractivity contribution is -0.129. The molecule has 0 bridgehead atoms. The first-order chi connectivity index (χ1) is 9.97. The molecule has 1 amide bonds. The van der Waals surface area contributed by atoms with Crippen LogP contribution in [0.5, 0.6) is 0 Å². The molecule has 2 aromatic carbocycles. The highest BCUT2D eigenvalue weighted by Gasteiger charge is 2.13. The SMILES string of the molecule is CN(Cc1cccc(Cl)c1Cl)C(=O)Cc1ccc(N)cc1. The lowest BCUT2D eigenvalue weighted by atomic mass is 10.1. The van der Waals surface area contributed by atoms with E-state index in [1.165, 1.54) is 0 Å². The van der Waals surface area contributed by atoms with Crippen LogP contribution in [-0.2, 0) is 17.8 Å². The molecule has 0 fully saturated rings. The fourth-order valence-corrected chi connectivity index (χ4v) is 2.34. The molecule has 2 N–H and O–H groups in total. The van der Waals surface area contributed by atoms with E-state index in [9.17, 15) is 4.79 Å². The van der Waals surface area contributed by atoms with E-state index in [4.69, 9.17) is 28.9 Å². The van der Waals surface area contributed by atoms with Gasteiger partial charge < -0.3 is 10.6 Å². The van der Waals surface area contributed by atoms with Crippen LogP contribution in [0.4, 0.5) is 5.69 Å². The average molecular weight is 323 g/mol. The fourth-order valence-electron chi connectivity index (χ4n) is 1.96. The Morgan fingerprint density at radius 2 is 1.81 bits per heavy atom. The molecule has 0 aromatic heterocycles. The van der Waals surface area contributed by atoms with E-state index in [-0.39, 0.29) is 5.91 Å². The summed E-state index contributed by atoms with van der Waals surface area (Å²) in [5, 5.41) is 0.986. The van der Waals surface area contributed by atoms with Gasteiger partial charge in [0, 0.05) is 19.3 Å². The molecule has 2 aromatic rings. The molecule has 0 saturated heterocycles. The minimum Gasteiger partial charge on any atom is -0.399 e. The second kappa shape index (κ2) is 6.83. The predicted molar refractivity (Wildman–Crippen MR) is 87.5 cm³/mol. The lowest BCUT2D eigenvalue weighted by Crippen LogP contribution is -2.27. The third-order valence-corrected chi connectivity index (χ3v) is 4.06. The van der Waals surface area contributed by atoms with Gasteiger partial charge in [-0.05, 0) is 29.3 Å². The van der Waals surface area contributed by atoms with Gasteiger partial charge in [-0.15, -0.1) is 0 Å². The maximum Gasteiger partial charge on any atom is 0.227 e. The highest BCUT2D eigenvalue weighted by Crippen LogP contribution is 2.26. The lowest BCUT2D eigenvalue weighted by Gasteiger charge is -2.18. The molecule has 21 heavy (non-hydrogen) atoms. The molecule has 0 atom stereocenters. The zero-order chi connectivity index (χ0) is 15.4. The van der Waals surface area contributed by atoms with E-state index >= 15 is 0 Å². The zero-order valence-electron chi connectivity index (χ0n) is 11.6. The standard InChI is InChI=1S/C16H16Cl2N2O/c1-20(10-12-3-2-4-14(17)16(12)18)15(21)9-11-5-7-13(19)8-6-11/h2-8H,9-10,19H2,1H3. The van der Waals surface area contributed by atoms with Gasteiger partial charge in [0.15, 0.2) is 0 Å². The molecular weight excluding hydrogens is 307 g/mol. The van der Waals surface area contributed by atoms with Gasteiger partial charge in [-0.3, -0.25) is 4.79 Å². The molecule has 3 nitrogen and oxygen atoms in total. The largest absolute Gasteiger partial charge is 0.399 e. The smallest absolute Gasteiger partial charge is 0.227 e. The number of hydrogen-bond donors (Lipinski definition) is 1. The molecule has 0 heterocycles. The van der Waals surface area contributed by atoms with Gasteiger partial charge in [0.25, 0.3) is 0 Å². The number of rotatable bonds is 4. The topological polar surface area (TPSA) is 46.3 Å². The first-order valence-corrected chi connectivity index (χ1v) is 7.24. The molecule has 110 valence electrons. The Labute approximate surface area is 134 Å². The van der Waals surface area contributed by atoms with Crippen molar-refractivity contribution < 1.29 is 4.79 Å². The van der Waals surface area contributed by atoms with Crippen molar-refractivity contribution in [1.29, 1.82) is 0 Å². The molecule has 0 saturated carbocycles. The highest BCUT2D eigenvalue weighted by atomic mass is 35.5. The summed E-state index contributed by atoms with van der Waals surface area (Å²) in [6, 6.07) is 12.7. The summed E-state index contributed by atoms with van der Waals surface area (Å²) >= 11 is 12.1. The zero-order valence-corrected chi connectivity index (χ0v) is 13.2. The third kappa shape index (κ3) is 4.13. The number of carbonyl (C=O) groups excluding carboxylic acids is 1. The summed E-state index contributed by atoms with van der Waals surface area (Å²) in [7, 11) is 1.75.